The lowest BCUT2D eigenvalue weighted by atomic mass is 10.2. The largest absolute Gasteiger partial charge is 0.371 e. The summed E-state index contributed by atoms with van der Waals surface area (Å²) >= 11 is 5.80. The monoisotopic (exact) mass is 371 g/mol. The van der Waals surface area contributed by atoms with Gasteiger partial charge in [-0.1, -0.05) is 17.7 Å². The summed E-state index contributed by atoms with van der Waals surface area (Å²) in [5.74, 6) is -0.342. The van der Waals surface area contributed by atoms with Crippen LogP contribution in [0.25, 0.3) is 0 Å². The average Bonchev–Trinajstić information content (AvgIpc) is 3.17. The Morgan fingerprint density at radius 1 is 1.04 bits per heavy atom. The third-order valence-electron chi connectivity index (χ3n) is 4.35. The Balaban J connectivity index is 1.46. The third-order valence-corrected chi connectivity index (χ3v) is 4.60. The summed E-state index contributed by atoms with van der Waals surface area (Å²) in [6.07, 6.45) is 2.64. The number of nitrogens with one attached hydrogen (secondary N) is 2. The van der Waals surface area contributed by atoms with E-state index < -0.39 is 0 Å². The van der Waals surface area contributed by atoms with Crippen molar-refractivity contribution < 1.29 is 9.59 Å². The summed E-state index contributed by atoms with van der Waals surface area (Å²) < 4.78 is 0. The first-order valence-corrected chi connectivity index (χ1v) is 9.18. The van der Waals surface area contributed by atoms with E-state index in [1.807, 2.05) is 18.2 Å². The smallest absolute Gasteiger partial charge is 0.251 e. The highest BCUT2D eigenvalue weighted by molar-refractivity contribution is 6.30. The number of benzene rings is 2. The fourth-order valence-corrected chi connectivity index (χ4v) is 3.10. The van der Waals surface area contributed by atoms with Crippen molar-refractivity contribution in [2.45, 2.75) is 19.3 Å². The lowest BCUT2D eigenvalue weighted by Gasteiger charge is -2.18. The van der Waals surface area contributed by atoms with Gasteiger partial charge < -0.3 is 15.5 Å². The Kier molecular flexibility index (Phi) is 6.12. The second-order valence-corrected chi connectivity index (χ2v) is 6.74. The number of rotatable bonds is 6. The molecule has 0 saturated carbocycles. The number of halogens is 1. The quantitative estimate of drug-likeness (QED) is 0.813. The SMILES string of the molecule is O=C(CCNC(=O)c1ccc(Cl)cc1)Nc1cccc(N2CCCC2)c1. The molecule has 0 unspecified atom stereocenters. The molecule has 5 nitrogen and oxygen atoms in total. The molecule has 0 aromatic heterocycles. The van der Waals surface area contributed by atoms with E-state index in [0.717, 1.165) is 24.5 Å². The molecule has 0 spiro atoms. The molecular weight excluding hydrogens is 350 g/mol. The second kappa shape index (κ2) is 8.72. The van der Waals surface area contributed by atoms with Gasteiger partial charge in [0.2, 0.25) is 5.91 Å². The highest BCUT2D eigenvalue weighted by atomic mass is 35.5. The topological polar surface area (TPSA) is 61.4 Å². The molecule has 2 aromatic rings. The Labute approximate surface area is 158 Å². The number of nitrogens with zero attached hydrogens (tertiary/aromatic N) is 1. The predicted octanol–water partition coefficient (Wildman–Crippen LogP) is 3.70. The van der Waals surface area contributed by atoms with Crippen LogP contribution in [0.5, 0.6) is 0 Å². The van der Waals surface area contributed by atoms with Gasteiger partial charge in [-0.2, -0.15) is 0 Å². The van der Waals surface area contributed by atoms with Crippen molar-refractivity contribution >= 4 is 34.8 Å². The predicted molar refractivity (Wildman–Crippen MR) is 105 cm³/mol. The van der Waals surface area contributed by atoms with Crippen LogP contribution in [-0.2, 0) is 4.79 Å². The van der Waals surface area contributed by atoms with Gasteiger partial charge in [-0.15, -0.1) is 0 Å². The molecule has 0 radical (unpaired) electrons. The normalized spacial score (nSPS) is 13.5. The van der Waals surface area contributed by atoms with Gasteiger partial charge >= 0.3 is 0 Å². The van der Waals surface area contributed by atoms with Crippen molar-refractivity contribution in [1.29, 1.82) is 0 Å². The minimum Gasteiger partial charge on any atom is -0.371 e. The average molecular weight is 372 g/mol. The fourth-order valence-electron chi connectivity index (χ4n) is 2.97. The number of hydrogen-bond donors (Lipinski definition) is 2. The van der Waals surface area contributed by atoms with Crippen LogP contribution in [-0.4, -0.2) is 31.4 Å². The third kappa shape index (κ3) is 4.99. The van der Waals surface area contributed by atoms with Crippen molar-refractivity contribution in [3.63, 3.8) is 0 Å². The zero-order valence-corrected chi connectivity index (χ0v) is 15.3. The van der Waals surface area contributed by atoms with Crippen molar-refractivity contribution in [3.8, 4) is 0 Å². The lowest BCUT2D eigenvalue weighted by Crippen LogP contribution is -2.27. The lowest BCUT2D eigenvalue weighted by molar-refractivity contribution is -0.116. The van der Waals surface area contributed by atoms with Crippen LogP contribution in [0, 0.1) is 0 Å². The first kappa shape index (κ1) is 18.3. The summed E-state index contributed by atoms with van der Waals surface area (Å²) in [7, 11) is 0. The summed E-state index contributed by atoms with van der Waals surface area (Å²) in [5.41, 5.74) is 2.44. The van der Waals surface area contributed by atoms with Crippen LogP contribution in [0.4, 0.5) is 11.4 Å². The van der Waals surface area contributed by atoms with Gasteiger partial charge in [0.05, 0.1) is 0 Å². The van der Waals surface area contributed by atoms with E-state index in [0.29, 0.717) is 10.6 Å². The van der Waals surface area contributed by atoms with Crippen LogP contribution in [0.15, 0.2) is 48.5 Å². The minimum atomic E-state index is -0.217. The van der Waals surface area contributed by atoms with Crippen molar-refractivity contribution in [2.75, 3.05) is 29.9 Å². The molecule has 0 atom stereocenters. The van der Waals surface area contributed by atoms with Crippen LogP contribution in [0.3, 0.4) is 0 Å². The molecule has 0 bridgehead atoms. The van der Waals surface area contributed by atoms with Gasteiger partial charge in [-0.3, -0.25) is 9.59 Å². The minimum absolute atomic E-state index is 0.125. The molecule has 26 heavy (non-hydrogen) atoms. The van der Waals surface area contributed by atoms with Crippen molar-refractivity contribution in [1.82, 2.24) is 5.32 Å². The Morgan fingerprint density at radius 3 is 2.50 bits per heavy atom. The molecule has 2 N–H and O–H groups in total. The molecule has 2 amide bonds. The Bertz CT molecular complexity index is 771. The van der Waals surface area contributed by atoms with Gasteiger partial charge in [0, 0.05) is 48.0 Å². The maximum absolute atomic E-state index is 12.1. The number of amides is 2. The highest BCUT2D eigenvalue weighted by Crippen LogP contribution is 2.23. The molecule has 136 valence electrons. The van der Waals surface area contributed by atoms with Crippen molar-refractivity contribution in [3.05, 3.63) is 59.1 Å². The van der Waals surface area contributed by atoms with Crippen LogP contribution in [0.2, 0.25) is 5.02 Å². The molecule has 0 aliphatic carbocycles. The number of carbonyl (C=O) groups excluding carboxylic acids is 2. The van der Waals surface area contributed by atoms with Crippen LogP contribution < -0.4 is 15.5 Å². The van der Waals surface area contributed by atoms with Gasteiger partial charge in [0.1, 0.15) is 0 Å². The van der Waals surface area contributed by atoms with E-state index in [9.17, 15) is 9.59 Å². The summed E-state index contributed by atoms with van der Waals surface area (Å²) in [4.78, 5) is 26.4. The maximum atomic E-state index is 12.1. The number of carbonyl (C=O) groups is 2. The first-order valence-electron chi connectivity index (χ1n) is 8.80. The molecule has 1 aliphatic rings. The molecule has 1 aliphatic heterocycles. The molecule has 6 heteroatoms. The molecule has 1 heterocycles. The Hall–Kier alpha value is -2.53. The molecule has 1 fully saturated rings. The van der Waals surface area contributed by atoms with E-state index >= 15 is 0 Å². The highest BCUT2D eigenvalue weighted by Gasteiger charge is 2.13. The Morgan fingerprint density at radius 2 is 1.77 bits per heavy atom. The second-order valence-electron chi connectivity index (χ2n) is 6.31. The van der Waals surface area contributed by atoms with Crippen LogP contribution >= 0.6 is 11.6 Å². The fraction of sp³-hybridized carbons (Fsp3) is 0.300. The standard InChI is InChI=1S/C20H22ClN3O2/c21-16-8-6-15(7-9-16)20(26)22-11-10-19(25)23-17-4-3-5-18(14-17)24-12-1-2-13-24/h3-9,14H,1-2,10-13H2,(H,22,26)(H,23,25). The summed E-state index contributed by atoms with van der Waals surface area (Å²) in [6, 6.07) is 14.5. The molecule has 3 rings (SSSR count). The zero-order valence-electron chi connectivity index (χ0n) is 14.5. The van der Waals surface area contributed by atoms with E-state index in [1.165, 1.54) is 12.8 Å². The van der Waals surface area contributed by atoms with Crippen molar-refractivity contribution in [2.24, 2.45) is 0 Å². The van der Waals surface area contributed by atoms with Gasteiger partial charge in [0.15, 0.2) is 0 Å². The zero-order chi connectivity index (χ0) is 18.4. The van der Waals surface area contributed by atoms with E-state index in [4.69, 9.17) is 11.6 Å². The number of anilines is 2. The molecule has 1 saturated heterocycles. The summed E-state index contributed by atoms with van der Waals surface area (Å²) in [6.45, 7) is 2.40. The van der Waals surface area contributed by atoms with E-state index in [-0.39, 0.29) is 24.8 Å². The molecular formula is C20H22ClN3O2. The van der Waals surface area contributed by atoms with Crippen LogP contribution in [0.1, 0.15) is 29.6 Å². The van der Waals surface area contributed by atoms with E-state index in [2.05, 4.69) is 21.6 Å². The number of hydrogen-bond acceptors (Lipinski definition) is 3. The van der Waals surface area contributed by atoms with Gasteiger partial charge in [-0.05, 0) is 55.3 Å². The first-order chi connectivity index (χ1) is 12.6. The molecule has 2 aromatic carbocycles. The summed E-state index contributed by atoms with van der Waals surface area (Å²) in [5, 5.41) is 6.21. The van der Waals surface area contributed by atoms with Gasteiger partial charge in [-0.25, -0.2) is 0 Å². The van der Waals surface area contributed by atoms with E-state index in [1.54, 1.807) is 24.3 Å². The van der Waals surface area contributed by atoms with Gasteiger partial charge in [0.25, 0.3) is 5.91 Å². The maximum Gasteiger partial charge on any atom is 0.251 e.